The normalized spacial score (nSPS) is 11.5. The molecule has 0 aliphatic carbocycles. The summed E-state index contributed by atoms with van der Waals surface area (Å²) in [6, 6.07) is 0. The summed E-state index contributed by atoms with van der Waals surface area (Å²) >= 11 is 4.71. The van der Waals surface area contributed by atoms with Crippen LogP contribution in [0.25, 0.3) is 0 Å². The highest BCUT2D eigenvalue weighted by Gasteiger charge is 2.28. The zero-order chi connectivity index (χ0) is 27.1. The molecular weight excluding hydrogens is 448 g/mol. The molecule has 0 unspecified atom stereocenters. The number of aliphatic hydroxyl groups is 2. The molecule has 7 nitrogen and oxygen atoms in total. The maximum Gasteiger partial charge on any atom is 0.330 e. The molecule has 0 aliphatic rings. The topological polar surface area (TPSA) is 110 Å². The van der Waals surface area contributed by atoms with Crippen LogP contribution < -0.4 is 0 Å². The van der Waals surface area contributed by atoms with Crippen LogP contribution in [-0.2, 0) is 23.9 Å². The van der Waals surface area contributed by atoms with E-state index in [0.717, 1.165) is 18.2 Å². The fraction of sp³-hybridized carbons (Fsp3) is 0.640. The fourth-order valence-corrected chi connectivity index (χ4v) is 1.94. The second kappa shape index (κ2) is 15.8. The Morgan fingerprint density at radius 3 is 1.06 bits per heavy atom. The minimum atomic E-state index is -0.653. The van der Waals surface area contributed by atoms with E-state index in [4.69, 9.17) is 21.1 Å². The maximum atomic E-state index is 11.1. The molecule has 192 valence electrons. The SMILES string of the molecule is C=CC(=O)Cl.C=CC(=O)OC(C)(C)CCC(C)(C)OC(=O)C=C.CC(C)(O)CCC(C)(C)O. The number of carbonyl (C=O) groups is 3. The molecule has 0 atom stereocenters. The van der Waals surface area contributed by atoms with Gasteiger partial charge in [-0.25, -0.2) is 9.59 Å². The van der Waals surface area contributed by atoms with Crippen molar-refractivity contribution in [1.82, 2.24) is 0 Å². The first-order valence-electron chi connectivity index (χ1n) is 10.6. The molecule has 0 saturated carbocycles. The van der Waals surface area contributed by atoms with Gasteiger partial charge in [-0.2, -0.15) is 0 Å². The van der Waals surface area contributed by atoms with E-state index in [1.54, 1.807) is 55.4 Å². The summed E-state index contributed by atoms with van der Waals surface area (Å²) in [4.78, 5) is 31.7. The third kappa shape index (κ3) is 30.0. The number of esters is 2. The van der Waals surface area contributed by atoms with Gasteiger partial charge in [0.2, 0.25) is 5.24 Å². The van der Waals surface area contributed by atoms with Gasteiger partial charge in [-0.3, -0.25) is 4.79 Å². The van der Waals surface area contributed by atoms with Crippen LogP contribution in [0.15, 0.2) is 38.0 Å². The molecule has 0 heterocycles. The summed E-state index contributed by atoms with van der Waals surface area (Å²) in [5, 5.41) is 18.0. The first kappa shape index (κ1) is 35.6. The first-order valence-corrected chi connectivity index (χ1v) is 10.9. The molecule has 0 amide bonds. The van der Waals surface area contributed by atoms with Crippen LogP contribution in [0.3, 0.4) is 0 Å². The van der Waals surface area contributed by atoms with Gasteiger partial charge in [0.15, 0.2) is 0 Å². The van der Waals surface area contributed by atoms with E-state index in [-0.39, 0.29) is 0 Å². The van der Waals surface area contributed by atoms with Crippen molar-refractivity contribution in [3.63, 3.8) is 0 Å². The van der Waals surface area contributed by atoms with Gasteiger partial charge < -0.3 is 19.7 Å². The Kier molecular flexibility index (Phi) is 17.1. The van der Waals surface area contributed by atoms with E-state index in [1.165, 1.54) is 0 Å². The molecule has 0 aromatic heterocycles. The molecule has 0 bridgehead atoms. The molecule has 0 rings (SSSR count). The number of ether oxygens (including phenoxy) is 2. The maximum absolute atomic E-state index is 11.1. The Morgan fingerprint density at radius 2 is 0.909 bits per heavy atom. The number of carbonyl (C=O) groups excluding carboxylic acids is 3. The van der Waals surface area contributed by atoms with Gasteiger partial charge in [0, 0.05) is 12.2 Å². The molecule has 8 heteroatoms. The summed E-state index contributed by atoms with van der Waals surface area (Å²) in [5.41, 5.74) is -2.55. The van der Waals surface area contributed by atoms with Crippen molar-refractivity contribution >= 4 is 28.8 Å². The molecule has 0 aromatic rings. The van der Waals surface area contributed by atoms with E-state index in [1.807, 2.05) is 0 Å². The third-order valence-electron chi connectivity index (χ3n) is 3.93. The van der Waals surface area contributed by atoms with Gasteiger partial charge >= 0.3 is 11.9 Å². The fourth-order valence-electron chi connectivity index (χ4n) is 1.94. The average molecular weight is 491 g/mol. The monoisotopic (exact) mass is 490 g/mol. The van der Waals surface area contributed by atoms with E-state index >= 15 is 0 Å². The van der Waals surface area contributed by atoms with E-state index in [2.05, 4.69) is 19.7 Å². The minimum absolute atomic E-state index is 0.458. The number of allylic oxidation sites excluding steroid dienone is 1. The van der Waals surface area contributed by atoms with Crippen molar-refractivity contribution in [3.05, 3.63) is 38.0 Å². The standard InChI is InChI=1S/C14H22O4.C8H18O2.C3H3ClO/c1-7-11(15)17-13(3,4)9-10-14(5,6)18-12(16)8-2;1-7(2,9)5-6-8(3,4)10;1-2-3(4)5/h7-8H,1-2,9-10H2,3-6H3;9-10H,5-6H2,1-4H3;2H,1H2. The summed E-state index contributed by atoms with van der Waals surface area (Å²) < 4.78 is 10.4. The molecule has 0 spiro atoms. The number of hydrogen-bond donors (Lipinski definition) is 2. The minimum Gasteiger partial charge on any atom is -0.457 e. The summed E-state index contributed by atoms with van der Waals surface area (Å²) in [7, 11) is 0. The molecule has 0 aliphatic heterocycles. The smallest absolute Gasteiger partial charge is 0.330 e. The number of rotatable bonds is 11. The quantitative estimate of drug-likeness (QED) is 0.237. The van der Waals surface area contributed by atoms with Crippen molar-refractivity contribution in [1.29, 1.82) is 0 Å². The Balaban J connectivity index is -0.000000500. The highest BCUT2D eigenvalue weighted by molar-refractivity contribution is 6.66. The van der Waals surface area contributed by atoms with Gasteiger partial charge in [0.1, 0.15) is 11.2 Å². The van der Waals surface area contributed by atoms with Crippen molar-refractivity contribution in [2.45, 2.75) is 103 Å². The second-order valence-electron chi connectivity index (χ2n) is 9.90. The van der Waals surface area contributed by atoms with Gasteiger partial charge in [0.25, 0.3) is 0 Å². The van der Waals surface area contributed by atoms with Crippen LogP contribution in [0.1, 0.15) is 81.1 Å². The van der Waals surface area contributed by atoms with Crippen LogP contribution >= 0.6 is 11.6 Å². The molecular formula is C25H43ClO7. The summed E-state index contributed by atoms with van der Waals surface area (Å²) in [5.74, 6) is -0.915. The Bertz CT molecular complexity index is 603. The lowest BCUT2D eigenvalue weighted by molar-refractivity contribution is -0.157. The van der Waals surface area contributed by atoms with Crippen molar-refractivity contribution in [3.8, 4) is 0 Å². The van der Waals surface area contributed by atoms with Crippen LogP contribution in [0.2, 0.25) is 0 Å². The van der Waals surface area contributed by atoms with E-state index in [9.17, 15) is 24.6 Å². The molecule has 0 fully saturated rings. The van der Waals surface area contributed by atoms with Crippen molar-refractivity contribution in [2.24, 2.45) is 0 Å². The van der Waals surface area contributed by atoms with Crippen LogP contribution in [-0.4, -0.2) is 49.8 Å². The number of hydrogen-bond acceptors (Lipinski definition) is 7. The average Bonchev–Trinajstić information content (AvgIpc) is 2.64. The lowest BCUT2D eigenvalue weighted by Crippen LogP contribution is -2.33. The van der Waals surface area contributed by atoms with Gasteiger partial charge in [-0.1, -0.05) is 19.7 Å². The lowest BCUT2D eigenvalue weighted by atomic mass is 9.93. The molecule has 0 aromatic carbocycles. The predicted octanol–water partition coefficient (Wildman–Crippen LogP) is 5.03. The molecule has 33 heavy (non-hydrogen) atoms. The lowest BCUT2D eigenvalue weighted by Gasteiger charge is -2.30. The number of halogens is 1. The largest absolute Gasteiger partial charge is 0.457 e. The highest BCUT2D eigenvalue weighted by atomic mass is 35.5. The Hall–Kier alpha value is -1.96. The van der Waals surface area contributed by atoms with Gasteiger partial charge in [-0.05, 0) is 98.8 Å². The zero-order valence-corrected chi connectivity index (χ0v) is 22.3. The summed E-state index contributed by atoms with van der Waals surface area (Å²) in [6.07, 6.45) is 5.72. The predicted molar refractivity (Wildman–Crippen MR) is 133 cm³/mol. The van der Waals surface area contributed by atoms with Crippen LogP contribution in [0.5, 0.6) is 0 Å². The second-order valence-corrected chi connectivity index (χ2v) is 10.3. The molecule has 2 N–H and O–H groups in total. The first-order chi connectivity index (χ1) is 14.6. The van der Waals surface area contributed by atoms with Crippen molar-refractivity contribution < 1.29 is 34.1 Å². The zero-order valence-electron chi connectivity index (χ0n) is 21.5. The van der Waals surface area contributed by atoms with Gasteiger partial charge in [0.05, 0.1) is 11.2 Å². The highest BCUT2D eigenvalue weighted by Crippen LogP contribution is 2.25. The molecule has 0 radical (unpaired) electrons. The third-order valence-corrected chi connectivity index (χ3v) is 4.08. The van der Waals surface area contributed by atoms with E-state index < -0.39 is 39.6 Å². The van der Waals surface area contributed by atoms with Gasteiger partial charge in [-0.15, -0.1) is 0 Å². The summed E-state index contributed by atoms with van der Waals surface area (Å²) in [6.45, 7) is 24.0. The van der Waals surface area contributed by atoms with E-state index in [0.29, 0.717) is 25.7 Å². The molecule has 0 saturated heterocycles. The Labute approximate surface area is 204 Å². The Morgan fingerprint density at radius 1 is 0.667 bits per heavy atom. The van der Waals surface area contributed by atoms with Crippen LogP contribution in [0.4, 0.5) is 0 Å². The van der Waals surface area contributed by atoms with Crippen molar-refractivity contribution in [2.75, 3.05) is 0 Å². The van der Waals surface area contributed by atoms with Crippen LogP contribution in [0, 0.1) is 0 Å².